The molecule has 0 radical (unpaired) electrons. The van der Waals surface area contributed by atoms with Gasteiger partial charge in [0.05, 0.1) is 5.69 Å². The van der Waals surface area contributed by atoms with Gasteiger partial charge in [0, 0.05) is 37.2 Å². The van der Waals surface area contributed by atoms with Gasteiger partial charge in [-0.3, -0.25) is 9.89 Å². The summed E-state index contributed by atoms with van der Waals surface area (Å²) in [5, 5.41) is 0. The lowest BCUT2D eigenvalue weighted by molar-refractivity contribution is 0.173. The Morgan fingerprint density at radius 3 is 2.27 bits per heavy atom. The van der Waals surface area contributed by atoms with Crippen LogP contribution in [0.2, 0.25) is 0 Å². The van der Waals surface area contributed by atoms with Crippen molar-refractivity contribution in [3.63, 3.8) is 0 Å². The van der Waals surface area contributed by atoms with Crippen LogP contribution in [0.25, 0.3) is 0 Å². The monoisotopic (exact) mass is 292 g/mol. The van der Waals surface area contributed by atoms with Gasteiger partial charge in [-0.25, -0.2) is 0 Å². The maximum atomic E-state index is 4.88. The highest BCUT2D eigenvalue weighted by molar-refractivity contribution is 5.90. The topological polar surface area (TPSA) is 15.6 Å². The van der Waals surface area contributed by atoms with Crippen LogP contribution in [-0.4, -0.2) is 23.2 Å². The molecule has 3 rings (SSSR count). The Morgan fingerprint density at radius 1 is 0.955 bits per heavy atom. The number of piperidine rings is 1. The van der Waals surface area contributed by atoms with Crippen LogP contribution < -0.4 is 0 Å². The second-order valence-electron chi connectivity index (χ2n) is 6.31. The van der Waals surface area contributed by atoms with Gasteiger partial charge in [0.25, 0.3) is 0 Å². The Kier molecular flexibility index (Phi) is 4.69. The summed E-state index contributed by atoms with van der Waals surface area (Å²) >= 11 is 0. The Morgan fingerprint density at radius 2 is 1.59 bits per heavy atom. The van der Waals surface area contributed by atoms with Crippen LogP contribution in [-0.2, 0) is 6.54 Å². The molecule has 2 aromatic rings. The first-order valence-corrected chi connectivity index (χ1v) is 8.13. The summed E-state index contributed by atoms with van der Waals surface area (Å²) in [6.45, 7) is 6.73. The third-order valence-corrected chi connectivity index (χ3v) is 4.46. The zero-order valence-electron chi connectivity index (χ0n) is 13.4. The number of rotatable bonds is 3. The summed E-state index contributed by atoms with van der Waals surface area (Å²) in [7, 11) is 0. The molecule has 114 valence electrons. The van der Waals surface area contributed by atoms with E-state index in [1.165, 1.54) is 11.3 Å². The van der Waals surface area contributed by atoms with Crippen LogP contribution in [0.1, 0.15) is 25.8 Å². The third-order valence-electron chi connectivity index (χ3n) is 4.46. The number of aliphatic imine (C=N–C) groups is 1. The Balaban J connectivity index is 1.70. The summed E-state index contributed by atoms with van der Waals surface area (Å²) < 4.78 is 0. The summed E-state index contributed by atoms with van der Waals surface area (Å²) in [6, 6.07) is 21.6. The van der Waals surface area contributed by atoms with E-state index in [1.54, 1.807) is 0 Å². The largest absolute Gasteiger partial charge is 0.295 e. The first-order valence-electron chi connectivity index (χ1n) is 8.13. The minimum atomic E-state index is 0.514. The number of para-hydroxylation sites is 1. The van der Waals surface area contributed by atoms with E-state index in [9.17, 15) is 0 Å². The van der Waals surface area contributed by atoms with Gasteiger partial charge in [-0.15, -0.1) is 0 Å². The number of likely N-dealkylation sites (tertiary alicyclic amines) is 1. The Hall–Kier alpha value is -1.93. The molecule has 0 amide bonds. The summed E-state index contributed by atoms with van der Waals surface area (Å²) in [5.74, 6) is 0.514. The summed E-state index contributed by atoms with van der Waals surface area (Å²) in [5.41, 5.74) is 3.81. The number of hydrogen-bond acceptors (Lipinski definition) is 2. The van der Waals surface area contributed by atoms with Crippen molar-refractivity contribution in [1.29, 1.82) is 0 Å². The minimum absolute atomic E-state index is 0.514. The van der Waals surface area contributed by atoms with Gasteiger partial charge in [0.15, 0.2) is 0 Å². The van der Waals surface area contributed by atoms with Crippen molar-refractivity contribution in [2.24, 2.45) is 10.9 Å². The minimum Gasteiger partial charge on any atom is -0.295 e. The fourth-order valence-corrected chi connectivity index (χ4v) is 3.13. The lowest BCUT2D eigenvalue weighted by Crippen LogP contribution is -2.44. The van der Waals surface area contributed by atoms with Gasteiger partial charge >= 0.3 is 0 Å². The van der Waals surface area contributed by atoms with Crippen LogP contribution in [0.5, 0.6) is 0 Å². The van der Waals surface area contributed by atoms with E-state index in [2.05, 4.69) is 73.3 Å². The van der Waals surface area contributed by atoms with Crippen LogP contribution in [0.3, 0.4) is 0 Å². The molecule has 1 fully saturated rings. The van der Waals surface area contributed by atoms with Gasteiger partial charge in [-0.05, 0) is 24.6 Å². The molecular formula is C20H24N2. The summed E-state index contributed by atoms with van der Waals surface area (Å²) in [4.78, 5) is 7.45. The molecule has 1 aliphatic heterocycles. The molecule has 1 saturated heterocycles. The molecule has 2 aromatic carbocycles. The van der Waals surface area contributed by atoms with E-state index >= 15 is 0 Å². The highest BCUT2D eigenvalue weighted by Crippen LogP contribution is 2.24. The standard InChI is InChI=1S/C20H24N2/c1-16-14-22(15-18-9-5-3-6-10-18)17(2)13-20(16)21-19-11-7-4-8-12-19/h3-12,16-17H,13-15H2,1-2H3. The van der Waals surface area contributed by atoms with Gasteiger partial charge < -0.3 is 0 Å². The first-order chi connectivity index (χ1) is 10.7. The zero-order valence-corrected chi connectivity index (χ0v) is 13.4. The van der Waals surface area contributed by atoms with Crippen molar-refractivity contribution in [3.8, 4) is 0 Å². The molecular weight excluding hydrogens is 268 g/mol. The maximum Gasteiger partial charge on any atom is 0.0629 e. The van der Waals surface area contributed by atoms with Crippen molar-refractivity contribution in [2.75, 3.05) is 6.54 Å². The van der Waals surface area contributed by atoms with E-state index in [0.717, 1.165) is 25.2 Å². The van der Waals surface area contributed by atoms with E-state index in [0.29, 0.717) is 12.0 Å². The van der Waals surface area contributed by atoms with Crippen molar-refractivity contribution in [2.45, 2.75) is 32.9 Å². The van der Waals surface area contributed by atoms with Crippen LogP contribution in [0.4, 0.5) is 5.69 Å². The van der Waals surface area contributed by atoms with E-state index < -0.39 is 0 Å². The van der Waals surface area contributed by atoms with Gasteiger partial charge in [-0.2, -0.15) is 0 Å². The van der Waals surface area contributed by atoms with Crippen molar-refractivity contribution < 1.29 is 0 Å². The van der Waals surface area contributed by atoms with Gasteiger partial charge in [-0.1, -0.05) is 55.5 Å². The molecule has 2 heteroatoms. The fraction of sp³-hybridized carbons (Fsp3) is 0.350. The van der Waals surface area contributed by atoms with Gasteiger partial charge in [0.2, 0.25) is 0 Å². The Bertz CT molecular complexity index is 619. The van der Waals surface area contributed by atoms with E-state index in [-0.39, 0.29) is 0 Å². The van der Waals surface area contributed by atoms with Crippen LogP contribution >= 0.6 is 0 Å². The normalized spacial score (nSPS) is 24.5. The summed E-state index contributed by atoms with van der Waals surface area (Å²) in [6.07, 6.45) is 1.06. The number of nitrogens with zero attached hydrogens (tertiary/aromatic N) is 2. The smallest absolute Gasteiger partial charge is 0.0629 e. The van der Waals surface area contributed by atoms with Crippen LogP contribution in [0.15, 0.2) is 65.7 Å². The average Bonchev–Trinajstić information content (AvgIpc) is 2.54. The average molecular weight is 292 g/mol. The predicted molar refractivity (Wildman–Crippen MR) is 93.6 cm³/mol. The predicted octanol–water partition coefficient (Wildman–Crippen LogP) is 4.69. The quantitative estimate of drug-likeness (QED) is 0.801. The molecule has 22 heavy (non-hydrogen) atoms. The molecule has 1 heterocycles. The first kappa shape index (κ1) is 15.0. The molecule has 0 aliphatic carbocycles. The molecule has 0 saturated carbocycles. The number of benzene rings is 2. The molecule has 0 bridgehead atoms. The van der Waals surface area contributed by atoms with Crippen LogP contribution in [0, 0.1) is 5.92 Å². The number of hydrogen-bond donors (Lipinski definition) is 0. The lowest BCUT2D eigenvalue weighted by atomic mass is 9.92. The molecule has 1 aliphatic rings. The molecule has 2 unspecified atom stereocenters. The highest BCUT2D eigenvalue weighted by atomic mass is 15.2. The third kappa shape index (κ3) is 3.63. The second kappa shape index (κ2) is 6.89. The second-order valence-corrected chi connectivity index (χ2v) is 6.31. The molecule has 0 spiro atoms. The van der Waals surface area contributed by atoms with Crippen molar-refractivity contribution in [3.05, 3.63) is 66.2 Å². The van der Waals surface area contributed by atoms with E-state index in [1.807, 2.05) is 6.07 Å². The molecule has 2 nitrogen and oxygen atoms in total. The molecule has 0 aromatic heterocycles. The lowest BCUT2D eigenvalue weighted by Gasteiger charge is -2.37. The maximum absolute atomic E-state index is 4.88. The van der Waals surface area contributed by atoms with Crippen molar-refractivity contribution >= 4 is 11.4 Å². The fourth-order valence-electron chi connectivity index (χ4n) is 3.13. The molecule has 0 N–H and O–H groups in total. The van der Waals surface area contributed by atoms with Gasteiger partial charge in [0.1, 0.15) is 0 Å². The SMILES string of the molecule is CC1CN(Cc2ccccc2)C(C)CC1=Nc1ccccc1. The zero-order chi connectivity index (χ0) is 15.4. The molecule has 2 atom stereocenters. The highest BCUT2D eigenvalue weighted by Gasteiger charge is 2.27. The van der Waals surface area contributed by atoms with E-state index in [4.69, 9.17) is 4.99 Å². The van der Waals surface area contributed by atoms with Crippen molar-refractivity contribution in [1.82, 2.24) is 4.90 Å². The Labute approximate surface area is 133 Å².